The molecular formula is C28H20Br4N2O2S. The van der Waals surface area contributed by atoms with Crippen LogP contribution in [0.2, 0.25) is 0 Å². The van der Waals surface area contributed by atoms with Crippen LogP contribution in [0.5, 0.6) is 0 Å². The Balaban J connectivity index is 1.57. The second kappa shape index (κ2) is 10.1. The third kappa shape index (κ3) is 4.25. The average molecular weight is 768 g/mol. The molecule has 6 rings (SSSR count). The van der Waals surface area contributed by atoms with Crippen LogP contribution in [-0.2, 0) is 15.1 Å². The molecule has 188 valence electrons. The van der Waals surface area contributed by atoms with Crippen molar-refractivity contribution in [3.63, 3.8) is 0 Å². The third-order valence-electron chi connectivity index (χ3n) is 7.48. The van der Waals surface area contributed by atoms with Gasteiger partial charge < -0.3 is 5.32 Å². The molecule has 0 saturated carbocycles. The van der Waals surface area contributed by atoms with E-state index in [1.54, 1.807) is 6.08 Å². The van der Waals surface area contributed by atoms with Gasteiger partial charge in [0.1, 0.15) is 5.54 Å². The Morgan fingerprint density at radius 1 is 1.00 bits per heavy atom. The van der Waals surface area contributed by atoms with Crippen LogP contribution in [0.4, 0.5) is 5.69 Å². The summed E-state index contributed by atoms with van der Waals surface area (Å²) in [5, 5.41) is 3.14. The van der Waals surface area contributed by atoms with Gasteiger partial charge in [0.05, 0.1) is 11.6 Å². The highest BCUT2D eigenvalue weighted by atomic mass is 79.9. The maximum Gasteiger partial charge on any atom is 0.250 e. The molecule has 1 amide bonds. The first kappa shape index (κ1) is 26.0. The number of halogens is 4. The molecule has 37 heavy (non-hydrogen) atoms. The van der Waals surface area contributed by atoms with Crippen LogP contribution in [0.25, 0.3) is 6.08 Å². The zero-order valence-corrected chi connectivity index (χ0v) is 26.4. The first-order chi connectivity index (χ1) is 17.8. The van der Waals surface area contributed by atoms with Crippen molar-refractivity contribution in [2.75, 3.05) is 16.9 Å². The lowest BCUT2D eigenvalue weighted by Gasteiger charge is -2.36. The van der Waals surface area contributed by atoms with Crippen molar-refractivity contribution in [2.45, 2.75) is 17.5 Å². The predicted octanol–water partition coefficient (Wildman–Crippen LogP) is 7.96. The van der Waals surface area contributed by atoms with E-state index in [0.29, 0.717) is 5.88 Å². The molecule has 3 aliphatic rings. The summed E-state index contributed by atoms with van der Waals surface area (Å²) in [5.74, 6) is 0.602. The van der Waals surface area contributed by atoms with Crippen LogP contribution in [-0.4, -0.2) is 34.3 Å². The van der Waals surface area contributed by atoms with Gasteiger partial charge in [-0.15, -0.1) is 11.8 Å². The number of hydrogen-bond acceptors (Lipinski definition) is 4. The summed E-state index contributed by atoms with van der Waals surface area (Å²) < 4.78 is 3.56. The number of anilines is 1. The Bertz CT molecular complexity index is 1480. The summed E-state index contributed by atoms with van der Waals surface area (Å²) >= 11 is 16.2. The Morgan fingerprint density at radius 2 is 1.76 bits per heavy atom. The van der Waals surface area contributed by atoms with Gasteiger partial charge in [0.25, 0.3) is 0 Å². The topological polar surface area (TPSA) is 49.4 Å². The molecule has 2 saturated heterocycles. The third-order valence-corrected chi connectivity index (χ3v) is 10.6. The second-order valence-corrected chi connectivity index (χ2v) is 14.0. The molecule has 0 radical (unpaired) electrons. The van der Waals surface area contributed by atoms with E-state index in [2.05, 4.69) is 86.1 Å². The summed E-state index contributed by atoms with van der Waals surface area (Å²) in [6.07, 6.45) is 3.51. The van der Waals surface area contributed by atoms with Gasteiger partial charge in [-0.05, 0) is 69.5 Å². The van der Waals surface area contributed by atoms with Gasteiger partial charge in [-0.2, -0.15) is 0 Å². The molecule has 4 atom stereocenters. The molecule has 1 N–H and O–H groups in total. The lowest BCUT2D eigenvalue weighted by molar-refractivity contribution is -0.134. The minimum atomic E-state index is -1.11. The SMILES string of the molecule is O=C(/C=C/c1cccc(Br)c1)[C@H]1[C@H](c2cccc(Br)c2)C2CSCN2C12C(=O)Nc1c(Br)cc(Br)cc12. The number of ketones is 1. The van der Waals surface area contributed by atoms with Gasteiger partial charge >= 0.3 is 0 Å². The smallest absolute Gasteiger partial charge is 0.250 e. The Hall–Kier alpha value is -1.23. The normalized spacial score (nSPS) is 26.6. The predicted molar refractivity (Wildman–Crippen MR) is 164 cm³/mol. The molecule has 3 aliphatic heterocycles. The zero-order chi connectivity index (χ0) is 25.9. The lowest BCUT2D eigenvalue weighted by atomic mass is 9.70. The van der Waals surface area contributed by atoms with Crippen LogP contribution < -0.4 is 5.32 Å². The molecule has 0 aliphatic carbocycles. The van der Waals surface area contributed by atoms with Crippen molar-refractivity contribution in [3.05, 3.63) is 101 Å². The second-order valence-electron chi connectivity index (χ2n) is 9.42. The van der Waals surface area contributed by atoms with E-state index in [1.807, 2.05) is 66.4 Å². The first-order valence-electron chi connectivity index (χ1n) is 11.7. The fraction of sp³-hybridized carbons (Fsp3) is 0.214. The lowest BCUT2D eigenvalue weighted by Crippen LogP contribution is -2.52. The highest BCUT2D eigenvalue weighted by Gasteiger charge is 2.69. The van der Waals surface area contributed by atoms with E-state index in [1.165, 1.54) is 0 Å². The number of benzene rings is 3. The van der Waals surface area contributed by atoms with Gasteiger partial charge in [-0.3, -0.25) is 14.5 Å². The number of rotatable bonds is 4. The van der Waals surface area contributed by atoms with Gasteiger partial charge in [0.2, 0.25) is 5.91 Å². The van der Waals surface area contributed by atoms with Crippen LogP contribution in [0.1, 0.15) is 22.6 Å². The molecule has 3 heterocycles. The van der Waals surface area contributed by atoms with E-state index >= 15 is 0 Å². The standard InChI is InChI=1S/C28H20Br4N2O2S/c29-17-5-1-3-15(9-17)7-8-23(35)25-24(16-4-2-6-18(30)10-16)22-13-37-14-34(22)28(25)20-11-19(31)12-21(32)26(20)33-27(28)36/h1-12,22,24-25H,13-14H2,(H,33,36)/b8-7+/t22?,24-,25+,28?/m1/s1. The first-order valence-corrected chi connectivity index (χ1v) is 16.0. The average Bonchev–Trinajstić information content (AvgIpc) is 3.52. The summed E-state index contributed by atoms with van der Waals surface area (Å²) in [6, 6.07) is 20.0. The fourth-order valence-corrected chi connectivity index (χ4v) is 9.59. The Kier molecular flexibility index (Phi) is 7.08. The molecule has 2 unspecified atom stereocenters. The van der Waals surface area contributed by atoms with E-state index in [4.69, 9.17) is 0 Å². The molecular weight excluding hydrogens is 748 g/mol. The summed E-state index contributed by atoms with van der Waals surface area (Å²) in [7, 11) is 0. The minimum absolute atomic E-state index is 0.0435. The Morgan fingerprint density at radius 3 is 2.51 bits per heavy atom. The maximum absolute atomic E-state index is 14.3. The number of nitrogens with one attached hydrogen (secondary N) is 1. The molecule has 2 fully saturated rings. The molecule has 4 nitrogen and oxygen atoms in total. The van der Waals surface area contributed by atoms with Crippen molar-refractivity contribution in [1.29, 1.82) is 0 Å². The molecule has 1 spiro atoms. The number of thioether (sulfide) groups is 1. The monoisotopic (exact) mass is 764 g/mol. The molecule has 9 heteroatoms. The number of carbonyl (C=O) groups excluding carboxylic acids is 2. The van der Waals surface area contributed by atoms with Gasteiger partial charge in [-0.25, -0.2) is 0 Å². The van der Waals surface area contributed by atoms with Crippen molar-refractivity contribution in [1.82, 2.24) is 4.90 Å². The van der Waals surface area contributed by atoms with Crippen LogP contribution in [0.3, 0.4) is 0 Å². The van der Waals surface area contributed by atoms with Gasteiger partial charge in [-0.1, -0.05) is 78.1 Å². The maximum atomic E-state index is 14.3. The van der Waals surface area contributed by atoms with Crippen molar-refractivity contribution >= 4 is 98.9 Å². The van der Waals surface area contributed by atoms with Gasteiger partial charge in [0, 0.05) is 47.0 Å². The number of carbonyl (C=O) groups is 2. The highest BCUT2D eigenvalue weighted by molar-refractivity contribution is 9.11. The quantitative estimate of drug-likeness (QED) is 0.274. The summed E-state index contributed by atoms with van der Waals surface area (Å²) in [5.41, 5.74) is 2.46. The number of allylic oxidation sites excluding steroid dienone is 1. The summed E-state index contributed by atoms with van der Waals surface area (Å²) in [6.45, 7) is 0. The number of hydrogen-bond donors (Lipinski definition) is 1. The van der Waals surface area contributed by atoms with E-state index < -0.39 is 11.5 Å². The number of nitrogens with zero attached hydrogens (tertiary/aromatic N) is 1. The summed E-state index contributed by atoms with van der Waals surface area (Å²) in [4.78, 5) is 30.8. The van der Waals surface area contributed by atoms with E-state index in [0.717, 1.165) is 46.0 Å². The van der Waals surface area contributed by atoms with Crippen LogP contribution in [0.15, 0.2) is 84.6 Å². The fourth-order valence-electron chi connectivity index (χ4n) is 6.11. The van der Waals surface area contributed by atoms with E-state index in [9.17, 15) is 9.59 Å². The molecule has 3 aromatic rings. The Labute approximate surface area is 253 Å². The van der Waals surface area contributed by atoms with E-state index in [-0.39, 0.29) is 23.7 Å². The largest absolute Gasteiger partial charge is 0.323 e. The number of amides is 1. The van der Waals surface area contributed by atoms with Gasteiger partial charge in [0.15, 0.2) is 5.78 Å². The molecule has 3 aromatic carbocycles. The highest BCUT2D eigenvalue weighted by Crippen LogP contribution is 2.62. The van der Waals surface area contributed by atoms with Crippen LogP contribution >= 0.6 is 75.5 Å². The molecule has 0 bridgehead atoms. The minimum Gasteiger partial charge on any atom is -0.323 e. The molecule has 0 aromatic heterocycles. The van der Waals surface area contributed by atoms with Crippen molar-refractivity contribution in [2.24, 2.45) is 5.92 Å². The van der Waals surface area contributed by atoms with Crippen molar-refractivity contribution < 1.29 is 9.59 Å². The van der Waals surface area contributed by atoms with Crippen molar-refractivity contribution in [3.8, 4) is 0 Å². The number of fused-ring (bicyclic) bond motifs is 4. The van der Waals surface area contributed by atoms with Crippen LogP contribution in [0, 0.1) is 5.92 Å². The zero-order valence-electron chi connectivity index (χ0n) is 19.3.